The number of aromatic nitrogens is 4. The fraction of sp³-hybridized carbons (Fsp3) is 0.193. The first kappa shape index (κ1) is 39.7. The van der Waals surface area contributed by atoms with Crippen molar-refractivity contribution in [2.24, 2.45) is 14.1 Å². The summed E-state index contributed by atoms with van der Waals surface area (Å²) >= 11 is 0. The lowest BCUT2D eigenvalue weighted by Gasteiger charge is -2.20. The van der Waals surface area contributed by atoms with E-state index in [2.05, 4.69) is 251 Å². The maximum atomic E-state index is 2.43. The first-order valence-corrected chi connectivity index (χ1v) is 21.6. The summed E-state index contributed by atoms with van der Waals surface area (Å²) in [6.45, 7) is 15.8. The van der Waals surface area contributed by atoms with Crippen LogP contribution in [0.25, 0.3) is 77.8 Å². The SMILES string of the molecule is Cc1cc(C(C)(C)C)ccc1-c1n(-c2cccc3ccccc23)c2ccccc2[n+]1C.Cc1cc(C(C)C)ccc1-c1n(-c2cccc3ccccc23)c2ccccc2[n+]1C. The summed E-state index contributed by atoms with van der Waals surface area (Å²) in [5, 5.41) is 5.04. The van der Waals surface area contributed by atoms with Crippen molar-refractivity contribution < 1.29 is 9.13 Å². The molecule has 0 amide bonds. The summed E-state index contributed by atoms with van der Waals surface area (Å²) in [6, 6.07) is 61.6. The zero-order chi connectivity index (χ0) is 42.6. The van der Waals surface area contributed by atoms with E-state index in [1.165, 1.54) is 100 Å². The van der Waals surface area contributed by atoms with Crippen LogP contribution in [0.15, 0.2) is 170 Å². The topological polar surface area (TPSA) is 17.6 Å². The second kappa shape index (κ2) is 15.7. The molecule has 10 aromatic rings. The smallest absolute Gasteiger partial charge is 0.225 e. The molecule has 2 heterocycles. The highest BCUT2D eigenvalue weighted by Crippen LogP contribution is 2.36. The average Bonchev–Trinajstić information content (AvgIpc) is 3.72. The lowest BCUT2D eigenvalue weighted by atomic mass is 9.85. The Bertz CT molecular complexity index is 3250. The normalized spacial score (nSPS) is 11.8. The van der Waals surface area contributed by atoms with E-state index in [1.807, 2.05) is 0 Å². The number of rotatable bonds is 5. The Kier molecular flexibility index (Phi) is 10.2. The number of para-hydroxylation sites is 4. The number of nitrogens with zero attached hydrogens (tertiary/aromatic N) is 4. The molecule has 0 unspecified atom stereocenters. The second-order valence-electron chi connectivity index (χ2n) is 17.9. The predicted octanol–water partition coefficient (Wildman–Crippen LogP) is 13.6. The lowest BCUT2D eigenvalue weighted by Crippen LogP contribution is -2.30. The van der Waals surface area contributed by atoms with Gasteiger partial charge in [-0.05, 0) is 107 Å². The summed E-state index contributed by atoms with van der Waals surface area (Å²) in [5.41, 5.74) is 15.3. The summed E-state index contributed by atoms with van der Waals surface area (Å²) in [5.74, 6) is 2.94. The van der Waals surface area contributed by atoms with E-state index in [4.69, 9.17) is 0 Å². The molecule has 10 rings (SSSR count). The Balaban J connectivity index is 0.000000156. The average molecular weight is 797 g/mol. The molecular formula is C57H56N4+2. The highest BCUT2D eigenvalue weighted by Gasteiger charge is 2.30. The Labute approximate surface area is 360 Å². The first-order valence-electron chi connectivity index (χ1n) is 21.6. The summed E-state index contributed by atoms with van der Waals surface area (Å²) in [6.07, 6.45) is 0. The van der Waals surface area contributed by atoms with Crippen LogP contribution in [0, 0.1) is 13.8 Å². The van der Waals surface area contributed by atoms with Gasteiger partial charge < -0.3 is 0 Å². The van der Waals surface area contributed by atoms with Crippen LogP contribution in [-0.4, -0.2) is 9.13 Å². The molecule has 0 aliphatic heterocycles. The van der Waals surface area contributed by atoms with Crippen molar-refractivity contribution >= 4 is 43.6 Å². The molecule has 0 saturated carbocycles. The molecule has 0 aliphatic carbocycles. The van der Waals surface area contributed by atoms with Gasteiger partial charge in [-0.15, -0.1) is 0 Å². The van der Waals surface area contributed by atoms with Crippen LogP contribution < -0.4 is 9.13 Å². The molecule has 61 heavy (non-hydrogen) atoms. The van der Waals surface area contributed by atoms with Gasteiger partial charge in [0.25, 0.3) is 11.6 Å². The van der Waals surface area contributed by atoms with Crippen molar-refractivity contribution in [2.75, 3.05) is 0 Å². The summed E-state index contributed by atoms with van der Waals surface area (Å²) in [4.78, 5) is 0. The first-order chi connectivity index (χ1) is 29.4. The molecule has 302 valence electrons. The van der Waals surface area contributed by atoms with Gasteiger partial charge >= 0.3 is 0 Å². The molecule has 0 spiro atoms. The lowest BCUT2D eigenvalue weighted by molar-refractivity contribution is -0.634. The molecule has 0 bridgehead atoms. The van der Waals surface area contributed by atoms with E-state index in [1.54, 1.807) is 0 Å². The number of imidazole rings is 2. The molecule has 0 fully saturated rings. The third kappa shape index (κ3) is 7.00. The highest BCUT2D eigenvalue weighted by atomic mass is 15.2. The largest absolute Gasteiger partial charge is 0.295 e. The van der Waals surface area contributed by atoms with Crippen LogP contribution >= 0.6 is 0 Å². The molecule has 0 atom stereocenters. The van der Waals surface area contributed by atoms with E-state index in [9.17, 15) is 0 Å². The quantitative estimate of drug-likeness (QED) is 0.154. The van der Waals surface area contributed by atoms with E-state index >= 15 is 0 Å². The van der Waals surface area contributed by atoms with Gasteiger partial charge in [0.05, 0.1) is 25.2 Å². The van der Waals surface area contributed by atoms with Crippen LogP contribution in [0.4, 0.5) is 0 Å². The monoisotopic (exact) mass is 796 g/mol. The van der Waals surface area contributed by atoms with Crippen molar-refractivity contribution in [1.29, 1.82) is 0 Å². The van der Waals surface area contributed by atoms with E-state index < -0.39 is 0 Å². The molecule has 4 nitrogen and oxygen atoms in total. The third-order valence-electron chi connectivity index (χ3n) is 12.5. The summed E-state index contributed by atoms with van der Waals surface area (Å²) < 4.78 is 9.51. The Morgan fingerprint density at radius 3 is 1.34 bits per heavy atom. The fourth-order valence-electron chi connectivity index (χ4n) is 9.20. The fourth-order valence-corrected chi connectivity index (χ4v) is 9.20. The number of hydrogen-bond donors (Lipinski definition) is 0. The molecule has 0 aliphatic rings. The standard InChI is InChI=1S/C29H29N2.C28H27N2/c1-20-19-22(29(2,3)4)17-18-23(20)28-30(5)26-14-8-9-15-27(26)31(28)25-16-10-12-21-11-6-7-13-24(21)25;1-19(2)22-16-17-23(20(3)18-22)28-29(4)26-13-7-8-14-27(26)30(28)25-15-9-11-21-10-5-6-12-24(21)25/h6-19H,1-5H3;5-19H,1-4H3/q2*+1. The Hall–Kier alpha value is -6.78. The van der Waals surface area contributed by atoms with Crippen LogP contribution in [0.2, 0.25) is 0 Å². The highest BCUT2D eigenvalue weighted by molar-refractivity contribution is 5.94. The number of hydrogen-bond acceptors (Lipinski definition) is 0. The van der Waals surface area contributed by atoms with E-state index in [-0.39, 0.29) is 5.41 Å². The van der Waals surface area contributed by atoms with Gasteiger partial charge in [-0.25, -0.2) is 9.13 Å². The molecule has 0 saturated heterocycles. The molecular weight excluding hydrogens is 741 g/mol. The van der Waals surface area contributed by atoms with Gasteiger partial charge in [0.2, 0.25) is 0 Å². The number of benzene rings is 8. The van der Waals surface area contributed by atoms with Crippen molar-refractivity contribution in [3.05, 3.63) is 192 Å². The van der Waals surface area contributed by atoms with Gasteiger partial charge in [-0.1, -0.05) is 156 Å². The van der Waals surface area contributed by atoms with Gasteiger partial charge in [0.15, 0.2) is 22.1 Å². The number of fused-ring (bicyclic) bond motifs is 4. The maximum Gasteiger partial charge on any atom is 0.295 e. The van der Waals surface area contributed by atoms with Crippen molar-refractivity contribution in [1.82, 2.24) is 9.13 Å². The van der Waals surface area contributed by atoms with E-state index in [0.29, 0.717) is 5.92 Å². The van der Waals surface area contributed by atoms with Gasteiger partial charge in [-0.3, -0.25) is 0 Å². The molecule has 8 aromatic carbocycles. The Morgan fingerprint density at radius 1 is 0.459 bits per heavy atom. The zero-order valence-corrected chi connectivity index (χ0v) is 37.0. The minimum absolute atomic E-state index is 0.133. The predicted molar refractivity (Wildman–Crippen MR) is 257 cm³/mol. The molecule has 0 N–H and O–H groups in total. The van der Waals surface area contributed by atoms with Crippen molar-refractivity contribution in [2.45, 2.75) is 59.8 Å². The van der Waals surface area contributed by atoms with Crippen LogP contribution in [0.3, 0.4) is 0 Å². The van der Waals surface area contributed by atoms with Gasteiger partial charge in [0, 0.05) is 10.8 Å². The van der Waals surface area contributed by atoms with Crippen LogP contribution in [-0.2, 0) is 19.5 Å². The summed E-state index contributed by atoms with van der Waals surface area (Å²) in [7, 11) is 4.35. The van der Waals surface area contributed by atoms with Crippen LogP contribution in [0.1, 0.15) is 62.8 Å². The minimum atomic E-state index is 0.133. The van der Waals surface area contributed by atoms with Gasteiger partial charge in [-0.2, -0.15) is 9.13 Å². The Morgan fingerprint density at radius 2 is 0.885 bits per heavy atom. The molecule has 4 heteroatoms. The van der Waals surface area contributed by atoms with E-state index in [0.717, 1.165) is 0 Å². The maximum absolute atomic E-state index is 2.43. The minimum Gasteiger partial charge on any atom is -0.225 e. The zero-order valence-electron chi connectivity index (χ0n) is 37.0. The van der Waals surface area contributed by atoms with Crippen molar-refractivity contribution in [3.63, 3.8) is 0 Å². The van der Waals surface area contributed by atoms with Crippen LogP contribution in [0.5, 0.6) is 0 Å². The molecule has 2 aromatic heterocycles. The second-order valence-corrected chi connectivity index (χ2v) is 17.9. The molecule has 0 radical (unpaired) electrons. The third-order valence-corrected chi connectivity index (χ3v) is 12.5. The van der Waals surface area contributed by atoms with Gasteiger partial charge in [0.1, 0.15) is 11.4 Å². The number of aryl methyl sites for hydroxylation is 4. The van der Waals surface area contributed by atoms with Crippen molar-refractivity contribution in [3.8, 4) is 34.2 Å².